The number of aryl methyl sites for hydroxylation is 2. The average Bonchev–Trinajstić information content (AvgIpc) is 2.70. The molecule has 0 saturated carbocycles. The van der Waals surface area contributed by atoms with Crippen molar-refractivity contribution in [1.29, 1.82) is 0 Å². The molecule has 28 heavy (non-hydrogen) atoms. The van der Waals surface area contributed by atoms with Crippen molar-refractivity contribution in [3.05, 3.63) is 35.5 Å². The van der Waals surface area contributed by atoms with Crippen molar-refractivity contribution in [2.75, 3.05) is 50.6 Å². The van der Waals surface area contributed by atoms with Gasteiger partial charge >= 0.3 is 6.03 Å². The molecule has 1 aliphatic heterocycles. The standard InChI is InChI=1S/C20H26N4O4/c1-13-11-16(19(28-4)21-14(13)2)22-20(26)24-9-7-23(8-10-24)15-5-6-18(27-3)17(25)12-15/h5-6,11-12,25H,7-10H2,1-4H3,(H,22,26). The van der Waals surface area contributed by atoms with Crippen LogP contribution in [0.15, 0.2) is 24.3 Å². The molecule has 0 atom stereocenters. The summed E-state index contributed by atoms with van der Waals surface area (Å²) in [5.74, 6) is 0.955. The third-order valence-electron chi connectivity index (χ3n) is 4.96. The molecule has 0 unspecified atom stereocenters. The molecule has 2 heterocycles. The minimum absolute atomic E-state index is 0.106. The van der Waals surface area contributed by atoms with Crippen LogP contribution in [0.3, 0.4) is 0 Å². The molecule has 1 aromatic heterocycles. The van der Waals surface area contributed by atoms with E-state index in [1.807, 2.05) is 26.0 Å². The zero-order chi connectivity index (χ0) is 20.3. The summed E-state index contributed by atoms with van der Waals surface area (Å²) in [5, 5.41) is 12.9. The number of nitrogens with zero attached hydrogens (tertiary/aromatic N) is 3. The first-order chi connectivity index (χ1) is 13.4. The fourth-order valence-corrected chi connectivity index (χ4v) is 3.17. The molecular weight excluding hydrogens is 360 g/mol. The molecule has 1 aliphatic rings. The number of phenols is 1. The first-order valence-corrected chi connectivity index (χ1v) is 9.13. The van der Waals surface area contributed by atoms with Gasteiger partial charge in [0.25, 0.3) is 0 Å². The number of aromatic hydroxyl groups is 1. The molecule has 0 bridgehead atoms. The molecular formula is C20H26N4O4. The van der Waals surface area contributed by atoms with Crippen LogP contribution in [0.2, 0.25) is 0 Å². The maximum atomic E-state index is 12.7. The van der Waals surface area contributed by atoms with Crippen molar-refractivity contribution in [1.82, 2.24) is 9.88 Å². The van der Waals surface area contributed by atoms with E-state index in [9.17, 15) is 9.90 Å². The first kappa shape index (κ1) is 19.6. The number of methoxy groups -OCH3 is 2. The number of hydrogen-bond acceptors (Lipinski definition) is 6. The summed E-state index contributed by atoms with van der Waals surface area (Å²) < 4.78 is 10.4. The maximum absolute atomic E-state index is 12.7. The first-order valence-electron chi connectivity index (χ1n) is 9.13. The summed E-state index contributed by atoms with van der Waals surface area (Å²) in [6, 6.07) is 7.01. The molecule has 0 spiro atoms. The number of carbonyl (C=O) groups is 1. The summed E-state index contributed by atoms with van der Waals surface area (Å²) in [4.78, 5) is 20.9. The van der Waals surface area contributed by atoms with E-state index < -0.39 is 0 Å². The number of hydrogen-bond donors (Lipinski definition) is 2. The van der Waals surface area contributed by atoms with Crippen LogP contribution in [0.1, 0.15) is 11.3 Å². The number of anilines is 2. The summed E-state index contributed by atoms with van der Waals surface area (Å²) in [7, 11) is 3.06. The van der Waals surface area contributed by atoms with Crippen LogP contribution in [0, 0.1) is 13.8 Å². The third-order valence-corrected chi connectivity index (χ3v) is 4.96. The number of pyridine rings is 1. The Labute approximate surface area is 164 Å². The number of ether oxygens (including phenoxy) is 2. The third kappa shape index (κ3) is 4.05. The Morgan fingerprint density at radius 3 is 2.43 bits per heavy atom. The van der Waals surface area contributed by atoms with Gasteiger partial charge in [0, 0.05) is 43.6 Å². The van der Waals surface area contributed by atoms with Gasteiger partial charge < -0.3 is 29.7 Å². The highest BCUT2D eigenvalue weighted by Gasteiger charge is 2.23. The zero-order valence-electron chi connectivity index (χ0n) is 16.7. The Hall–Kier alpha value is -3.16. The second-order valence-corrected chi connectivity index (χ2v) is 6.71. The lowest BCUT2D eigenvalue weighted by molar-refractivity contribution is 0.208. The Morgan fingerprint density at radius 1 is 1.11 bits per heavy atom. The molecule has 2 aromatic rings. The van der Waals surface area contributed by atoms with Gasteiger partial charge in [-0.15, -0.1) is 0 Å². The Balaban J connectivity index is 1.63. The average molecular weight is 386 g/mol. The molecule has 2 N–H and O–H groups in total. The Bertz CT molecular complexity index is 864. The summed E-state index contributed by atoms with van der Waals surface area (Å²) in [5.41, 5.74) is 3.32. The number of amides is 2. The van der Waals surface area contributed by atoms with Gasteiger partial charge in [0.2, 0.25) is 5.88 Å². The van der Waals surface area contributed by atoms with Gasteiger partial charge in [-0.05, 0) is 37.6 Å². The van der Waals surface area contributed by atoms with Crippen LogP contribution in [-0.4, -0.2) is 61.4 Å². The topological polar surface area (TPSA) is 87.2 Å². The van der Waals surface area contributed by atoms with Crippen LogP contribution in [0.25, 0.3) is 0 Å². The molecule has 0 radical (unpaired) electrons. The molecule has 1 aromatic carbocycles. The second kappa shape index (κ2) is 8.24. The van der Waals surface area contributed by atoms with Crippen molar-refractivity contribution in [3.8, 4) is 17.4 Å². The zero-order valence-corrected chi connectivity index (χ0v) is 16.7. The van der Waals surface area contributed by atoms with Crippen molar-refractivity contribution in [2.24, 2.45) is 0 Å². The molecule has 1 fully saturated rings. The number of benzene rings is 1. The number of piperazine rings is 1. The minimum atomic E-state index is -0.180. The predicted molar refractivity (Wildman–Crippen MR) is 108 cm³/mol. The van der Waals surface area contributed by atoms with Crippen LogP contribution in [0.4, 0.5) is 16.2 Å². The van der Waals surface area contributed by atoms with E-state index in [4.69, 9.17) is 9.47 Å². The smallest absolute Gasteiger partial charge is 0.322 e. The SMILES string of the molecule is COc1ccc(N2CCN(C(=O)Nc3cc(C)c(C)nc3OC)CC2)cc1O. The van der Waals surface area contributed by atoms with Gasteiger partial charge in [0.15, 0.2) is 11.5 Å². The molecule has 150 valence electrons. The normalized spacial score (nSPS) is 14.0. The number of urea groups is 1. The minimum Gasteiger partial charge on any atom is -0.504 e. The highest BCUT2D eigenvalue weighted by molar-refractivity contribution is 5.91. The molecule has 1 saturated heterocycles. The van der Waals surface area contributed by atoms with Gasteiger partial charge in [-0.25, -0.2) is 9.78 Å². The lowest BCUT2D eigenvalue weighted by Crippen LogP contribution is -2.50. The largest absolute Gasteiger partial charge is 0.504 e. The Morgan fingerprint density at radius 2 is 1.82 bits per heavy atom. The van der Waals surface area contributed by atoms with Gasteiger partial charge in [-0.2, -0.15) is 0 Å². The van der Waals surface area contributed by atoms with E-state index in [-0.39, 0.29) is 11.8 Å². The van der Waals surface area contributed by atoms with Crippen molar-refractivity contribution in [2.45, 2.75) is 13.8 Å². The van der Waals surface area contributed by atoms with Crippen LogP contribution in [-0.2, 0) is 0 Å². The van der Waals surface area contributed by atoms with Crippen molar-refractivity contribution in [3.63, 3.8) is 0 Å². The summed E-state index contributed by atoms with van der Waals surface area (Å²) >= 11 is 0. The quantitative estimate of drug-likeness (QED) is 0.840. The highest BCUT2D eigenvalue weighted by atomic mass is 16.5. The van der Waals surface area contributed by atoms with E-state index in [2.05, 4.69) is 15.2 Å². The Kier molecular flexibility index (Phi) is 5.77. The summed E-state index contributed by atoms with van der Waals surface area (Å²) in [6.45, 7) is 6.32. The number of phenolic OH excluding ortho intramolecular Hbond substituents is 1. The number of aromatic nitrogens is 1. The molecule has 3 rings (SSSR count). The number of carbonyl (C=O) groups excluding carboxylic acids is 1. The lowest BCUT2D eigenvalue weighted by atomic mass is 10.2. The number of nitrogens with one attached hydrogen (secondary N) is 1. The molecule has 2 amide bonds. The van der Waals surface area contributed by atoms with E-state index >= 15 is 0 Å². The van der Waals surface area contributed by atoms with E-state index in [0.717, 1.165) is 16.9 Å². The fraction of sp³-hybridized carbons (Fsp3) is 0.400. The predicted octanol–water partition coefficient (Wildman–Crippen LogP) is 2.78. The molecule has 0 aliphatic carbocycles. The highest BCUT2D eigenvalue weighted by Crippen LogP contribution is 2.31. The second-order valence-electron chi connectivity index (χ2n) is 6.71. The molecule has 8 nitrogen and oxygen atoms in total. The van der Waals surface area contributed by atoms with Crippen LogP contribution < -0.4 is 19.7 Å². The maximum Gasteiger partial charge on any atom is 0.322 e. The molecule has 8 heteroatoms. The van der Waals surface area contributed by atoms with Gasteiger partial charge in [0.1, 0.15) is 5.69 Å². The van der Waals surface area contributed by atoms with E-state index in [0.29, 0.717) is 43.5 Å². The monoisotopic (exact) mass is 386 g/mol. The van der Waals surface area contributed by atoms with E-state index in [1.165, 1.54) is 14.2 Å². The van der Waals surface area contributed by atoms with Crippen LogP contribution >= 0.6 is 0 Å². The van der Waals surface area contributed by atoms with E-state index in [1.54, 1.807) is 17.0 Å². The van der Waals surface area contributed by atoms with Gasteiger partial charge in [-0.3, -0.25) is 0 Å². The van der Waals surface area contributed by atoms with Crippen molar-refractivity contribution < 1.29 is 19.4 Å². The van der Waals surface area contributed by atoms with Crippen molar-refractivity contribution >= 4 is 17.4 Å². The summed E-state index contributed by atoms with van der Waals surface area (Å²) in [6.07, 6.45) is 0. The number of rotatable bonds is 4. The van der Waals surface area contributed by atoms with Crippen LogP contribution in [0.5, 0.6) is 17.4 Å². The fourth-order valence-electron chi connectivity index (χ4n) is 3.17. The lowest BCUT2D eigenvalue weighted by Gasteiger charge is -2.36. The van der Waals surface area contributed by atoms with Gasteiger partial charge in [0.05, 0.1) is 14.2 Å². The van der Waals surface area contributed by atoms with Gasteiger partial charge in [-0.1, -0.05) is 0 Å².